The van der Waals surface area contributed by atoms with Crippen molar-refractivity contribution < 1.29 is 13.2 Å². The highest BCUT2D eigenvalue weighted by Crippen LogP contribution is 2.43. The van der Waals surface area contributed by atoms with Crippen LogP contribution in [0, 0.1) is 16.7 Å². The minimum atomic E-state index is -3.19. The van der Waals surface area contributed by atoms with E-state index in [1.165, 1.54) is 4.90 Å². The molecule has 0 aromatic heterocycles. The van der Waals surface area contributed by atoms with E-state index in [0.29, 0.717) is 38.2 Å². The number of rotatable bonds is 4. The Kier molecular flexibility index (Phi) is 4.96. The molecule has 2 rings (SSSR count). The molecule has 2 saturated heterocycles. The number of nitrogens with one attached hydrogen (secondary N) is 1. The van der Waals surface area contributed by atoms with Crippen molar-refractivity contribution in [3.63, 3.8) is 0 Å². The molecular weight excluding hydrogens is 302 g/mol. The second kappa shape index (κ2) is 6.28. The fraction of sp³-hybridized carbons (Fsp3) is 0.867. The van der Waals surface area contributed by atoms with E-state index >= 15 is 0 Å². The van der Waals surface area contributed by atoms with Crippen LogP contribution in [-0.4, -0.2) is 55.3 Å². The van der Waals surface area contributed by atoms with E-state index < -0.39 is 10.0 Å². The van der Waals surface area contributed by atoms with E-state index in [1.807, 2.05) is 13.8 Å². The first kappa shape index (κ1) is 17.4. The van der Waals surface area contributed by atoms with Gasteiger partial charge in [0.15, 0.2) is 0 Å². The molecule has 2 heterocycles. The summed E-state index contributed by atoms with van der Waals surface area (Å²) in [5, 5.41) is 8.01. The Labute approximate surface area is 133 Å². The Morgan fingerprint density at radius 3 is 2.64 bits per heavy atom. The first-order valence-corrected chi connectivity index (χ1v) is 9.62. The molecule has 0 bridgehead atoms. The molecule has 126 valence electrons. The third-order valence-electron chi connectivity index (χ3n) is 5.13. The fourth-order valence-electron chi connectivity index (χ4n) is 3.62. The van der Waals surface area contributed by atoms with Gasteiger partial charge in [-0.1, -0.05) is 13.8 Å². The smallest absolute Gasteiger partial charge is 0.228 e. The van der Waals surface area contributed by atoms with E-state index in [1.54, 1.807) is 11.4 Å². The molecule has 7 heteroatoms. The lowest BCUT2D eigenvalue weighted by molar-refractivity contribution is -0.131. The first-order valence-electron chi connectivity index (χ1n) is 8.01. The van der Waals surface area contributed by atoms with Crippen molar-refractivity contribution in [1.29, 1.82) is 5.41 Å². The molecule has 0 spiro atoms. The van der Waals surface area contributed by atoms with E-state index in [-0.39, 0.29) is 23.0 Å². The number of likely N-dealkylation sites (tertiary alicyclic amines) is 1. The summed E-state index contributed by atoms with van der Waals surface area (Å²) in [6.07, 6.45) is 3.33. The summed E-state index contributed by atoms with van der Waals surface area (Å²) in [5.74, 6) is 0.638. The lowest BCUT2D eigenvalue weighted by Crippen LogP contribution is -2.52. The lowest BCUT2D eigenvalue weighted by Gasteiger charge is -2.46. The second-order valence-electron chi connectivity index (χ2n) is 6.92. The maximum absolute atomic E-state index is 12.3. The van der Waals surface area contributed by atoms with Gasteiger partial charge in [0.25, 0.3) is 0 Å². The van der Waals surface area contributed by atoms with Crippen LogP contribution < -0.4 is 0 Å². The highest BCUT2D eigenvalue weighted by Gasteiger charge is 2.45. The van der Waals surface area contributed by atoms with Crippen LogP contribution in [0.4, 0.5) is 0 Å². The number of sulfonamides is 1. The molecule has 0 aromatic rings. The topological polar surface area (TPSA) is 81.5 Å². The van der Waals surface area contributed by atoms with Gasteiger partial charge in [0.05, 0.1) is 5.75 Å². The Balaban J connectivity index is 2.15. The van der Waals surface area contributed by atoms with Gasteiger partial charge in [0.1, 0.15) is 5.84 Å². The highest BCUT2D eigenvalue weighted by molar-refractivity contribution is 7.89. The van der Waals surface area contributed by atoms with Gasteiger partial charge in [-0.2, -0.15) is 0 Å². The van der Waals surface area contributed by atoms with Crippen molar-refractivity contribution in [2.75, 3.05) is 25.9 Å². The van der Waals surface area contributed by atoms with Crippen LogP contribution >= 0.6 is 0 Å². The SMILES string of the molecule is CCCS(=O)(=O)N1CCCC([C@@]2(C)CC(=N)N(C)C(=O)C2)C1. The maximum Gasteiger partial charge on any atom is 0.228 e. The molecule has 0 aromatic carbocycles. The van der Waals surface area contributed by atoms with Crippen LogP contribution in [-0.2, 0) is 14.8 Å². The zero-order valence-corrected chi connectivity index (χ0v) is 14.6. The predicted octanol–water partition coefficient (Wildman–Crippen LogP) is 1.67. The average Bonchev–Trinajstić information content (AvgIpc) is 2.45. The normalized spacial score (nSPS) is 31.6. The molecule has 0 aliphatic carbocycles. The molecule has 0 saturated carbocycles. The van der Waals surface area contributed by atoms with Crippen LogP contribution in [0.3, 0.4) is 0 Å². The van der Waals surface area contributed by atoms with Crippen molar-refractivity contribution in [3.05, 3.63) is 0 Å². The van der Waals surface area contributed by atoms with Crippen molar-refractivity contribution in [1.82, 2.24) is 9.21 Å². The first-order chi connectivity index (χ1) is 10.2. The number of amidine groups is 1. The summed E-state index contributed by atoms with van der Waals surface area (Å²) in [5.41, 5.74) is -0.304. The van der Waals surface area contributed by atoms with Gasteiger partial charge in [-0.3, -0.25) is 10.2 Å². The molecule has 2 atom stereocenters. The van der Waals surface area contributed by atoms with Gasteiger partial charge in [-0.05, 0) is 30.6 Å². The Hall–Kier alpha value is -0.950. The van der Waals surface area contributed by atoms with Crippen LogP contribution in [0.2, 0.25) is 0 Å². The molecule has 0 radical (unpaired) electrons. The van der Waals surface area contributed by atoms with Gasteiger partial charge in [-0.25, -0.2) is 12.7 Å². The number of nitrogens with zero attached hydrogens (tertiary/aromatic N) is 2. The number of hydrogen-bond acceptors (Lipinski definition) is 4. The predicted molar refractivity (Wildman–Crippen MR) is 86.2 cm³/mol. The van der Waals surface area contributed by atoms with Gasteiger partial charge in [0.2, 0.25) is 15.9 Å². The number of piperidine rings is 2. The third-order valence-corrected chi connectivity index (χ3v) is 7.17. The molecule has 1 amide bonds. The minimum Gasteiger partial charge on any atom is -0.304 e. The largest absolute Gasteiger partial charge is 0.304 e. The average molecular weight is 329 g/mol. The van der Waals surface area contributed by atoms with Crippen LogP contribution in [0.15, 0.2) is 0 Å². The van der Waals surface area contributed by atoms with Gasteiger partial charge < -0.3 is 4.90 Å². The number of carbonyl (C=O) groups is 1. The Morgan fingerprint density at radius 2 is 2.05 bits per heavy atom. The minimum absolute atomic E-state index is 0.0349. The molecule has 2 fully saturated rings. The maximum atomic E-state index is 12.3. The van der Waals surface area contributed by atoms with Crippen molar-refractivity contribution in [2.24, 2.45) is 11.3 Å². The number of hydrogen-bond donors (Lipinski definition) is 1. The summed E-state index contributed by atoms with van der Waals surface area (Å²) >= 11 is 0. The molecule has 1 unspecified atom stereocenters. The summed E-state index contributed by atoms with van der Waals surface area (Å²) < 4.78 is 26.2. The van der Waals surface area contributed by atoms with Gasteiger partial charge in [0, 0.05) is 33.0 Å². The second-order valence-corrected chi connectivity index (χ2v) is 9.01. The molecular formula is C15H27N3O3S. The van der Waals surface area contributed by atoms with Crippen LogP contribution in [0.5, 0.6) is 0 Å². The third kappa shape index (κ3) is 3.35. The molecule has 22 heavy (non-hydrogen) atoms. The highest BCUT2D eigenvalue weighted by atomic mass is 32.2. The van der Waals surface area contributed by atoms with Gasteiger partial charge in [-0.15, -0.1) is 0 Å². The molecule has 1 N–H and O–H groups in total. The Morgan fingerprint density at radius 1 is 1.36 bits per heavy atom. The molecule has 2 aliphatic heterocycles. The molecule has 2 aliphatic rings. The van der Waals surface area contributed by atoms with Crippen LogP contribution in [0.25, 0.3) is 0 Å². The zero-order chi connectivity index (χ0) is 16.5. The van der Waals surface area contributed by atoms with Gasteiger partial charge >= 0.3 is 0 Å². The van der Waals surface area contributed by atoms with E-state index in [4.69, 9.17) is 5.41 Å². The molecule has 6 nitrogen and oxygen atoms in total. The standard InChI is InChI=1S/C15H27N3O3S/c1-4-8-22(20,21)18-7-5-6-12(11-18)15(2)9-13(16)17(3)14(19)10-15/h12,16H,4-11H2,1-3H3/t12?,15-/m0/s1. The summed E-state index contributed by atoms with van der Waals surface area (Å²) in [7, 11) is -1.54. The van der Waals surface area contributed by atoms with Crippen molar-refractivity contribution in [2.45, 2.75) is 46.0 Å². The zero-order valence-electron chi connectivity index (χ0n) is 13.8. The number of carbonyl (C=O) groups excluding carboxylic acids is 1. The summed E-state index contributed by atoms with van der Waals surface area (Å²) in [6.45, 7) is 4.98. The van der Waals surface area contributed by atoms with E-state index in [2.05, 4.69) is 0 Å². The summed E-state index contributed by atoms with van der Waals surface area (Å²) in [4.78, 5) is 13.5. The Bertz CT molecular complexity index is 540. The van der Waals surface area contributed by atoms with E-state index in [9.17, 15) is 13.2 Å². The fourth-order valence-corrected chi connectivity index (χ4v) is 5.21. The van der Waals surface area contributed by atoms with E-state index in [0.717, 1.165) is 12.8 Å². The quantitative estimate of drug-likeness (QED) is 0.852. The van der Waals surface area contributed by atoms with Crippen LogP contribution in [0.1, 0.15) is 46.0 Å². The van der Waals surface area contributed by atoms with Crippen molar-refractivity contribution in [3.8, 4) is 0 Å². The number of amides is 1. The van der Waals surface area contributed by atoms with Crippen molar-refractivity contribution >= 4 is 21.8 Å². The summed E-state index contributed by atoms with van der Waals surface area (Å²) in [6, 6.07) is 0. The monoisotopic (exact) mass is 329 g/mol. The lowest BCUT2D eigenvalue weighted by atomic mass is 9.67.